The number of rotatable bonds is 7. The van der Waals surface area contributed by atoms with E-state index in [2.05, 4.69) is 10.3 Å². The predicted molar refractivity (Wildman–Crippen MR) is 122 cm³/mol. The van der Waals surface area contributed by atoms with Crippen molar-refractivity contribution < 1.29 is 23.5 Å². The number of benzene rings is 2. The number of amidine groups is 1. The molecule has 2 unspecified atom stereocenters. The number of thioether (sulfide) groups is 1. The molecule has 2 saturated heterocycles. The number of nitrogens with one attached hydrogen (secondary N) is 1. The Morgan fingerprint density at radius 2 is 2.06 bits per heavy atom. The molecule has 2 aliphatic heterocycles. The van der Waals surface area contributed by atoms with Gasteiger partial charge in [0.05, 0.1) is 31.1 Å². The molecule has 2 aliphatic rings. The molecule has 7 nitrogen and oxygen atoms in total. The van der Waals surface area contributed by atoms with Crippen LogP contribution < -0.4 is 10.1 Å². The van der Waals surface area contributed by atoms with Gasteiger partial charge in [-0.05, 0) is 49.2 Å². The van der Waals surface area contributed by atoms with Crippen LogP contribution in [0, 0.1) is 5.82 Å². The number of anilines is 1. The van der Waals surface area contributed by atoms with E-state index in [1.54, 1.807) is 48.4 Å². The smallest absolute Gasteiger partial charge is 0.242 e. The van der Waals surface area contributed by atoms with Crippen LogP contribution in [-0.4, -0.2) is 53.5 Å². The minimum absolute atomic E-state index is 0.0494. The topological polar surface area (TPSA) is 80.2 Å². The SMILES string of the molecule is COc1ccc(N=C2SC(CC(=O)Nc3ccccc3F)C(=O)N2CC2CCCO2)cc1. The molecule has 0 spiro atoms. The summed E-state index contributed by atoms with van der Waals surface area (Å²) < 4.78 is 24.7. The number of amides is 2. The maximum Gasteiger partial charge on any atom is 0.242 e. The highest BCUT2D eigenvalue weighted by atomic mass is 32.2. The van der Waals surface area contributed by atoms with E-state index >= 15 is 0 Å². The molecule has 2 atom stereocenters. The quantitative estimate of drug-likeness (QED) is 0.681. The summed E-state index contributed by atoms with van der Waals surface area (Å²) >= 11 is 1.24. The first-order valence-corrected chi connectivity index (χ1v) is 11.3. The number of ether oxygens (including phenoxy) is 2. The third kappa shape index (κ3) is 5.28. The maximum absolute atomic E-state index is 13.9. The van der Waals surface area contributed by atoms with Gasteiger partial charge in [-0.1, -0.05) is 23.9 Å². The fraction of sp³-hybridized carbons (Fsp3) is 0.348. The molecule has 0 saturated carbocycles. The van der Waals surface area contributed by atoms with Gasteiger partial charge in [0, 0.05) is 13.0 Å². The summed E-state index contributed by atoms with van der Waals surface area (Å²) in [5, 5.41) is 2.43. The Bertz CT molecular complexity index is 1010. The summed E-state index contributed by atoms with van der Waals surface area (Å²) in [4.78, 5) is 31.9. The van der Waals surface area contributed by atoms with Crippen LogP contribution in [0.3, 0.4) is 0 Å². The maximum atomic E-state index is 13.9. The molecule has 1 N–H and O–H groups in total. The third-order valence-corrected chi connectivity index (χ3v) is 6.42. The van der Waals surface area contributed by atoms with E-state index < -0.39 is 17.0 Å². The Labute approximate surface area is 190 Å². The Kier molecular flexibility index (Phi) is 7.06. The first-order valence-electron chi connectivity index (χ1n) is 10.4. The zero-order chi connectivity index (χ0) is 22.5. The Balaban J connectivity index is 1.50. The van der Waals surface area contributed by atoms with E-state index in [0.717, 1.165) is 12.8 Å². The molecule has 0 radical (unpaired) electrons. The zero-order valence-electron chi connectivity index (χ0n) is 17.6. The number of aliphatic imine (C=N–C) groups is 1. The summed E-state index contributed by atoms with van der Waals surface area (Å²) in [7, 11) is 1.59. The van der Waals surface area contributed by atoms with Crippen molar-refractivity contribution in [2.24, 2.45) is 4.99 Å². The second-order valence-electron chi connectivity index (χ2n) is 7.51. The fourth-order valence-electron chi connectivity index (χ4n) is 3.58. The van der Waals surface area contributed by atoms with Crippen LogP contribution in [0.2, 0.25) is 0 Å². The number of nitrogens with zero attached hydrogens (tertiary/aromatic N) is 2. The number of hydrogen-bond donors (Lipinski definition) is 1. The van der Waals surface area contributed by atoms with Gasteiger partial charge in [0.1, 0.15) is 16.8 Å². The van der Waals surface area contributed by atoms with Crippen LogP contribution in [0.5, 0.6) is 5.75 Å². The molecule has 2 fully saturated rings. The largest absolute Gasteiger partial charge is 0.497 e. The first-order chi connectivity index (χ1) is 15.5. The number of halogens is 1. The molecule has 9 heteroatoms. The van der Waals surface area contributed by atoms with Crippen LogP contribution in [0.25, 0.3) is 0 Å². The van der Waals surface area contributed by atoms with Crippen molar-refractivity contribution in [1.82, 2.24) is 4.90 Å². The molecule has 2 aromatic rings. The minimum atomic E-state index is -0.639. The number of carbonyl (C=O) groups is 2. The lowest BCUT2D eigenvalue weighted by Gasteiger charge is -2.20. The van der Waals surface area contributed by atoms with Crippen molar-refractivity contribution in [3.05, 3.63) is 54.3 Å². The van der Waals surface area contributed by atoms with Gasteiger partial charge in [0.2, 0.25) is 11.8 Å². The van der Waals surface area contributed by atoms with Gasteiger partial charge in [0.15, 0.2) is 5.17 Å². The molecule has 168 valence electrons. The Morgan fingerprint density at radius 1 is 1.28 bits per heavy atom. The van der Waals surface area contributed by atoms with E-state index in [0.29, 0.717) is 29.8 Å². The first kappa shape index (κ1) is 22.3. The van der Waals surface area contributed by atoms with Crippen LogP contribution in [0.4, 0.5) is 15.8 Å². The Hall–Kier alpha value is -2.91. The summed E-state index contributed by atoms with van der Waals surface area (Å²) in [6.07, 6.45) is 1.70. The molecule has 2 heterocycles. The van der Waals surface area contributed by atoms with Crippen molar-refractivity contribution in [2.45, 2.75) is 30.6 Å². The highest BCUT2D eigenvalue weighted by Crippen LogP contribution is 2.33. The van der Waals surface area contributed by atoms with Gasteiger partial charge in [-0.2, -0.15) is 0 Å². The van der Waals surface area contributed by atoms with E-state index in [-0.39, 0.29) is 24.1 Å². The van der Waals surface area contributed by atoms with E-state index in [1.165, 1.54) is 23.9 Å². The molecule has 2 amide bonds. The molecule has 0 bridgehead atoms. The van der Waals surface area contributed by atoms with Crippen molar-refractivity contribution in [3.8, 4) is 5.75 Å². The molecule has 0 aromatic heterocycles. The highest BCUT2D eigenvalue weighted by molar-refractivity contribution is 8.15. The molecule has 0 aliphatic carbocycles. The summed E-state index contributed by atoms with van der Waals surface area (Å²) in [6, 6.07) is 13.1. The monoisotopic (exact) mass is 457 g/mol. The second-order valence-corrected chi connectivity index (χ2v) is 8.68. The van der Waals surface area contributed by atoms with Crippen molar-refractivity contribution in [3.63, 3.8) is 0 Å². The average Bonchev–Trinajstić information content (AvgIpc) is 3.40. The van der Waals surface area contributed by atoms with Gasteiger partial charge < -0.3 is 14.8 Å². The molecule has 4 rings (SSSR count). The number of methoxy groups -OCH3 is 1. The molecule has 32 heavy (non-hydrogen) atoms. The lowest BCUT2D eigenvalue weighted by atomic mass is 10.2. The van der Waals surface area contributed by atoms with Crippen molar-refractivity contribution >= 4 is 40.1 Å². The standard InChI is InChI=1S/C23H24FN3O4S/c1-30-16-10-8-15(9-11-16)25-23-27(14-17-5-4-12-31-17)22(29)20(32-23)13-21(28)26-19-7-3-2-6-18(19)24/h2-3,6-11,17,20H,4-5,12-14H2,1H3,(H,26,28). The number of para-hydroxylation sites is 1. The highest BCUT2D eigenvalue weighted by Gasteiger charge is 2.40. The second kappa shape index (κ2) is 10.1. The fourth-order valence-corrected chi connectivity index (χ4v) is 4.75. The van der Waals surface area contributed by atoms with Crippen LogP contribution in [0.1, 0.15) is 19.3 Å². The van der Waals surface area contributed by atoms with Gasteiger partial charge in [-0.25, -0.2) is 9.38 Å². The van der Waals surface area contributed by atoms with Crippen LogP contribution in [0.15, 0.2) is 53.5 Å². The van der Waals surface area contributed by atoms with E-state index in [9.17, 15) is 14.0 Å². The zero-order valence-corrected chi connectivity index (χ0v) is 18.4. The summed E-state index contributed by atoms with van der Waals surface area (Å²) in [5.41, 5.74) is 0.770. The van der Waals surface area contributed by atoms with Gasteiger partial charge in [-0.3, -0.25) is 14.5 Å². The molecule has 2 aromatic carbocycles. The molecular weight excluding hydrogens is 433 g/mol. The predicted octanol–water partition coefficient (Wildman–Crippen LogP) is 3.97. The van der Waals surface area contributed by atoms with Crippen LogP contribution in [-0.2, 0) is 14.3 Å². The summed E-state index contributed by atoms with van der Waals surface area (Å²) in [6.45, 7) is 1.07. The van der Waals surface area contributed by atoms with Crippen LogP contribution >= 0.6 is 11.8 Å². The number of carbonyl (C=O) groups excluding carboxylic acids is 2. The third-order valence-electron chi connectivity index (χ3n) is 5.25. The average molecular weight is 458 g/mol. The Morgan fingerprint density at radius 3 is 2.75 bits per heavy atom. The van der Waals surface area contributed by atoms with E-state index in [1.807, 2.05) is 0 Å². The van der Waals surface area contributed by atoms with Gasteiger partial charge >= 0.3 is 0 Å². The lowest BCUT2D eigenvalue weighted by Crippen LogP contribution is -2.38. The summed E-state index contributed by atoms with van der Waals surface area (Å²) in [5.74, 6) is -0.429. The minimum Gasteiger partial charge on any atom is -0.497 e. The van der Waals surface area contributed by atoms with Crippen molar-refractivity contribution in [1.29, 1.82) is 0 Å². The van der Waals surface area contributed by atoms with Gasteiger partial charge in [-0.15, -0.1) is 0 Å². The lowest BCUT2D eigenvalue weighted by molar-refractivity contribution is -0.129. The number of hydrogen-bond acceptors (Lipinski definition) is 6. The van der Waals surface area contributed by atoms with E-state index in [4.69, 9.17) is 9.47 Å². The van der Waals surface area contributed by atoms with Gasteiger partial charge in [0.25, 0.3) is 0 Å². The normalized spacial score (nSPS) is 21.9. The molecular formula is C23H24FN3O4S. The van der Waals surface area contributed by atoms with Crippen molar-refractivity contribution in [2.75, 3.05) is 25.6 Å².